The number of para-hydroxylation sites is 3. The molecular formula is C24H26N2O5. The Kier molecular flexibility index (Phi) is 6.45. The second-order valence-electron chi connectivity index (χ2n) is 7.18. The standard InChI is InChI=1S/C24H26N2O5/c1-29-21-8-4-5-9-22(21)30-13-12-25-14-16(27)15-31-24-20(28)11-10-19-23(24)17-6-2-3-7-18(17)26-19/h2-11,16,25-28H,12-15H2,1H3/t16-/m0/s1. The van der Waals surface area contributed by atoms with Gasteiger partial charge in [0.15, 0.2) is 23.0 Å². The molecule has 0 bridgehead atoms. The lowest BCUT2D eigenvalue weighted by atomic mass is 10.1. The quantitative estimate of drug-likeness (QED) is 0.293. The van der Waals surface area contributed by atoms with Gasteiger partial charge in [-0.15, -0.1) is 0 Å². The highest BCUT2D eigenvalue weighted by atomic mass is 16.5. The van der Waals surface area contributed by atoms with E-state index < -0.39 is 6.10 Å². The number of phenols is 1. The summed E-state index contributed by atoms with van der Waals surface area (Å²) in [6.07, 6.45) is -0.744. The molecule has 4 N–H and O–H groups in total. The molecule has 3 aromatic carbocycles. The fraction of sp³-hybridized carbons (Fsp3) is 0.250. The second-order valence-corrected chi connectivity index (χ2v) is 7.18. The van der Waals surface area contributed by atoms with Crippen LogP contribution in [0.15, 0.2) is 60.7 Å². The van der Waals surface area contributed by atoms with E-state index in [0.717, 1.165) is 21.8 Å². The van der Waals surface area contributed by atoms with Crippen LogP contribution in [-0.4, -0.2) is 54.7 Å². The topological polar surface area (TPSA) is 96.0 Å². The smallest absolute Gasteiger partial charge is 0.171 e. The Balaban J connectivity index is 1.30. The van der Waals surface area contributed by atoms with Crippen LogP contribution < -0.4 is 19.5 Å². The van der Waals surface area contributed by atoms with Gasteiger partial charge in [-0.25, -0.2) is 0 Å². The van der Waals surface area contributed by atoms with Gasteiger partial charge in [0.2, 0.25) is 0 Å². The average molecular weight is 422 g/mol. The molecule has 31 heavy (non-hydrogen) atoms. The highest BCUT2D eigenvalue weighted by Gasteiger charge is 2.15. The van der Waals surface area contributed by atoms with Gasteiger partial charge in [-0.3, -0.25) is 0 Å². The van der Waals surface area contributed by atoms with E-state index in [4.69, 9.17) is 14.2 Å². The van der Waals surface area contributed by atoms with Crippen LogP contribution in [0.1, 0.15) is 0 Å². The molecule has 0 amide bonds. The Morgan fingerprint density at radius 3 is 2.55 bits per heavy atom. The van der Waals surface area contributed by atoms with Crippen LogP contribution in [0.25, 0.3) is 21.8 Å². The molecule has 0 aliphatic carbocycles. The summed E-state index contributed by atoms with van der Waals surface area (Å²) in [7, 11) is 1.60. The summed E-state index contributed by atoms with van der Waals surface area (Å²) in [4.78, 5) is 3.31. The van der Waals surface area contributed by atoms with Crippen molar-refractivity contribution in [3.63, 3.8) is 0 Å². The number of aliphatic hydroxyl groups is 1. The zero-order valence-electron chi connectivity index (χ0n) is 17.3. The van der Waals surface area contributed by atoms with Crippen molar-refractivity contribution in [1.29, 1.82) is 0 Å². The number of methoxy groups -OCH3 is 1. The first-order valence-corrected chi connectivity index (χ1v) is 10.2. The highest BCUT2D eigenvalue weighted by molar-refractivity contribution is 6.11. The number of aromatic hydroxyl groups is 1. The number of ether oxygens (including phenoxy) is 3. The molecule has 1 aromatic heterocycles. The second kappa shape index (κ2) is 9.59. The Hall–Kier alpha value is -3.42. The molecule has 0 radical (unpaired) electrons. The van der Waals surface area contributed by atoms with E-state index in [1.54, 1.807) is 13.2 Å². The maximum absolute atomic E-state index is 10.3. The Bertz CT molecular complexity index is 1160. The number of benzene rings is 3. The lowest BCUT2D eigenvalue weighted by Gasteiger charge is -2.15. The van der Waals surface area contributed by atoms with Crippen molar-refractivity contribution < 1.29 is 24.4 Å². The number of H-pyrrole nitrogens is 1. The van der Waals surface area contributed by atoms with E-state index in [1.165, 1.54) is 0 Å². The Labute approximate surface area is 180 Å². The largest absolute Gasteiger partial charge is 0.504 e. The van der Waals surface area contributed by atoms with Crippen molar-refractivity contribution >= 4 is 21.8 Å². The molecule has 7 nitrogen and oxygen atoms in total. The maximum atomic E-state index is 10.3. The molecule has 0 aliphatic heterocycles. The maximum Gasteiger partial charge on any atom is 0.171 e. The normalized spacial score (nSPS) is 12.2. The van der Waals surface area contributed by atoms with Crippen molar-refractivity contribution in [2.24, 2.45) is 0 Å². The lowest BCUT2D eigenvalue weighted by Crippen LogP contribution is -2.33. The molecule has 4 rings (SSSR count). The molecule has 7 heteroatoms. The molecule has 4 aromatic rings. The fourth-order valence-corrected chi connectivity index (χ4v) is 3.52. The molecule has 0 spiro atoms. The molecule has 0 saturated carbocycles. The van der Waals surface area contributed by atoms with Crippen molar-refractivity contribution in [3.05, 3.63) is 60.7 Å². The summed E-state index contributed by atoms with van der Waals surface area (Å²) in [6, 6.07) is 18.7. The van der Waals surface area contributed by atoms with Gasteiger partial charge >= 0.3 is 0 Å². The van der Waals surface area contributed by atoms with Crippen LogP contribution in [0.5, 0.6) is 23.0 Å². The summed E-state index contributed by atoms with van der Waals surface area (Å²) < 4.78 is 16.8. The van der Waals surface area contributed by atoms with Gasteiger partial charge in [-0.1, -0.05) is 30.3 Å². The first kappa shape index (κ1) is 20.8. The van der Waals surface area contributed by atoms with Crippen LogP contribution in [0, 0.1) is 0 Å². The minimum Gasteiger partial charge on any atom is -0.504 e. The van der Waals surface area contributed by atoms with Crippen molar-refractivity contribution in [2.45, 2.75) is 6.10 Å². The van der Waals surface area contributed by atoms with Crippen LogP contribution in [-0.2, 0) is 0 Å². The van der Waals surface area contributed by atoms with Gasteiger partial charge in [-0.2, -0.15) is 0 Å². The summed E-state index contributed by atoms with van der Waals surface area (Å²) in [5.41, 5.74) is 1.83. The number of nitrogens with one attached hydrogen (secondary N) is 2. The molecular weight excluding hydrogens is 396 g/mol. The predicted octanol–water partition coefficient (Wildman–Crippen LogP) is 3.44. The van der Waals surface area contributed by atoms with E-state index in [-0.39, 0.29) is 12.4 Å². The van der Waals surface area contributed by atoms with Crippen molar-refractivity contribution in [1.82, 2.24) is 10.3 Å². The first-order chi connectivity index (χ1) is 15.2. The average Bonchev–Trinajstić information content (AvgIpc) is 3.17. The lowest BCUT2D eigenvalue weighted by molar-refractivity contribution is 0.105. The minimum absolute atomic E-state index is 0.0441. The predicted molar refractivity (Wildman–Crippen MR) is 120 cm³/mol. The van der Waals surface area contributed by atoms with Gasteiger partial charge in [0.05, 0.1) is 18.0 Å². The third-order valence-corrected chi connectivity index (χ3v) is 5.01. The number of hydrogen-bond donors (Lipinski definition) is 4. The summed E-state index contributed by atoms with van der Waals surface area (Å²) >= 11 is 0. The third-order valence-electron chi connectivity index (χ3n) is 5.01. The van der Waals surface area contributed by atoms with Gasteiger partial charge < -0.3 is 34.7 Å². The molecule has 0 aliphatic rings. The van der Waals surface area contributed by atoms with Gasteiger partial charge in [0, 0.05) is 24.0 Å². The van der Waals surface area contributed by atoms with E-state index in [1.807, 2.05) is 54.6 Å². The molecule has 0 fully saturated rings. The number of fused-ring (bicyclic) bond motifs is 3. The summed E-state index contributed by atoms with van der Waals surface area (Å²) in [6.45, 7) is 1.37. The van der Waals surface area contributed by atoms with Gasteiger partial charge in [0.25, 0.3) is 0 Å². The molecule has 0 unspecified atom stereocenters. The minimum atomic E-state index is -0.744. The van der Waals surface area contributed by atoms with Crippen LogP contribution in [0.3, 0.4) is 0 Å². The van der Waals surface area contributed by atoms with E-state index in [0.29, 0.717) is 36.9 Å². The number of aliphatic hydroxyl groups excluding tert-OH is 1. The molecule has 162 valence electrons. The third kappa shape index (κ3) is 4.68. The SMILES string of the molecule is COc1ccccc1OCCNC[C@H](O)COc1c(O)ccc2[nH]c3ccccc3c12. The zero-order valence-corrected chi connectivity index (χ0v) is 17.3. The Morgan fingerprint density at radius 1 is 0.935 bits per heavy atom. The number of hydrogen-bond acceptors (Lipinski definition) is 6. The van der Waals surface area contributed by atoms with Crippen LogP contribution in [0.4, 0.5) is 0 Å². The number of aromatic nitrogens is 1. The first-order valence-electron chi connectivity index (χ1n) is 10.2. The van der Waals surface area contributed by atoms with Crippen molar-refractivity contribution in [2.75, 3.05) is 33.4 Å². The van der Waals surface area contributed by atoms with E-state index in [2.05, 4.69) is 10.3 Å². The summed E-state index contributed by atoms with van der Waals surface area (Å²) in [5.74, 6) is 1.77. The van der Waals surface area contributed by atoms with Crippen LogP contribution >= 0.6 is 0 Å². The van der Waals surface area contributed by atoms with Gasteiger partial charge in [-0.05, 0) is 30.3 Å². The van der Waals surface area contributed by atoms with Crippen LogP contribution in [0.2, 0.25) is 0 Å². The molecule has 0 saturated heterocycles. The highest BCUT2D eigenvalue weighted by Crippen LogP contribution is 2.39. The van der Waals surface area contributed by atoms with Gasteiger partial charge in [0.1, 0.15) is 19.3 Å². The van der Waals surface area contributed by atoms with E-state index >= 15 is 0 Å². The zero-order chi connectivity index (χ0) is 21.6. The monoisotopic (exact) mass is 422 g/mol. The molecule has 1 atom stereocenters. The molecule has 1 heterocycles. The number of aromatic amines is 1. The Morgan fingerprint density at radius 2 is 1.71 bits per heavy atom. The number of rotatable bonds is 10. The summed E-state index contributed by atoms with van der Waals surface area (Å²) in [5, 5.41) is 25.5. The fourth-order valence-electron chi connectivity index (χ4n) is 3.52. The van der Waals surface area contributed by atoms with Crippen molar-refractivity contribution in [3.8, 4) is 23.0 Å². The van der Waals surface area contributed by atoms with E-state index in [9.17, 15) is 10.2 Å². The number of phenolic OH excluding ortho intramolecular Hbond substituents is 1.